The number of carbonyl (C=O) groups is 1. The lowest BCUT2D eigenvalue weighted by Crippen LogP contribution is -2.43. The minimum atomic E-state index is -0.163. The molecule has 2 aromatic rings. The second kappa shape index (κ2) is 5.95. The van der Waals surface area contributed by atoms with Gasteiger partial charge in [-0.15, -0.1) is 5.10 Å². The monoisotopic (exact) mass is 286 g/mol. The van der Waals surface area contributed by atoms with Crippen LogP contribution >= 0.6 is 0 Å². The van der Waals surface area contributed by atoms with Gasteiger partial charge in [-0.05, 0) is 43.0 Å². The topological polar surface area (TPSA) is 71.3 Å². The van der Waals surface area contributed by atoms with Gasteiger partial charge in [0.2, 0.25) is 0 Å². The van der Waals surface area contributed by atoms with Crippen LogP contribution in [0.25, 0.3) is 0 Å². The van der Waals surface area contributed by atoms with Crippen LogP contribution in [0.15, 0.2) is 41.1 Å². The zero-order valence-electron chi connectivity index (χ0n) is 11.9. The van der Waals surface area contributed by atoms with E-state index in [1.165, 1.54) is 0 Å². The predicted octanol–water partition coefficient (Wildman–Crippen LogP) is 3.07. The standard InChI is InChI=1S/C15H18N4O2/c1-11-6-8-19(12(10-11)13-4-3-9-21-13)15(20)17-14-5-2-7-16-18-14/h2-5,7,9,11-12H,6,8,10H2,1H3,(H,17,18,20)/t11-,12+/m1/s1. The van der Waals surface area contributed by atoms with Crippen molar-refractivity contribution in [3.05, 3.63) is 42.5 Å². The summed E-state index contributed by atoms with van der Waals surface area (Å²) >= 11 is 0. The Morgan fingerprint density at radius 2 is 2.33 bits per heavy atom. The molecular formula is C15H18N4O2. The van der Waals surface area contributed by atoms with E-state index in [1.54, 1.807) is 24.6 Å². The lowest BCUT2D eigenvalue weighted by molar-refractivity contribution is 0.129. The molecule has 2 atom stereocenters. The van der Waals surface area contributed by atoms with Gasteiger partial charge in [-0.25, -0.2) is 4.79 Å². The van der Waals surface area contributed by atoms with E-state index in [9.17, 15) is 4.79 Å². The van der Waals surface area contributed by atoms with Gasteiger partial charge in [0, 0.05) is 12.7 Å². The van der Waals surface area contributed by atoms with Gasteiger partial charge in [0.1, 0.15) is 5.76 Å². The highest BCUT2D eigenvalue weighted by Gasteiger charge is 2.32. The normalized spacial score (nSPS) is 22.0. The Hall–Kier alpha value is -2.37. The van der Waals surface area contributed by atoms with Crippen molar-refractivity contribution in [2.75, 3.05) is 11.9 Å². The average molecular weight is 286 g/mol. The van der Waals surface area contributed by atoms with Crippen LogP contribution in [0.1, 0.15) is 31.6 Å². The molecule has 0 aromatic carbocycles. The zero-order valence-corrected chi connectivity index (χ0v) is 11.9. The Labute approximate surface area is 123 Å². The van der Waals surface area contributed by atoms with Crippen molar-refractivity contribution >= 4 is 11.8 Å². The number of nitrogens with zero attached hydrogens (tertiary/aromatic N) is 3. The van der Waals surface area contributed by atoms with Gasteiger partial charge < -0.3 is 9.32 Å². The predicted molar refractivity (Wildman–Crippen MR) is 77.6 cm³/mol. The first-order chi connectivity index (χ1) is 10.2. The summed E-state index contributed by atoms with van der Waals surface area (Å²) in [5, 5.41) is 10.4. The van der Waals surface area contributed by atoms with Crippen molar-refractivity contribution in [3.63, 3.8) is 0 Å². The van der Waals surface area contributed by atoms with Crippen LogP contribution in [0.4, 0.5) is 10.6 Å². The summed E-state index contributed by atoms with van der Waals surface area (Å²) < 4.78 is 5.50. The van der Waals surface area contributed by atoms with Crippen LogP contribution in [0, 0.1) is 5.92 Å². The molecule has 6 nitrogen and oxygen atoms in total. The molecular weight excluding hydrogens is 268 g/mol. The minimum Gasteiger partial charge on any atom is -0.467 e. The molecule has 3 rings (SSSR count). The van der Waals surface area contributed by atoms with E-state index < -0.39 is 0 Å². The molecule has 3 heterocycles. The van der Waals surface area contributed by atoms with E-state index in [0.717, 1.165) is 18.6 Å². The molecule has 0 aliphatic carbocycles. The molecule has 0 bridgehead atoms. The summed E-state index contributed by atoms with van der Waals surface area (Å²) in [6.45, 7) is 2.91. The van der Waals surface area contributed by atoms with Gasteiger partial charge >= 0.3 is 6.03 Å². The van der Waals surface area contributed by atoms with Crippen LogP contribution in [0.2, 0.25) is 0 Å². The molecule has 2 aromatic heterocycles. The molecule has 21 heavy (non-hydrogen) atoms. The molecule has 1 N–H and O–H groups in total. The Bertz CT molecular complexity index is 585. The van der Waals surface area contributed by atoms with Crippen molar-refractivity contribution in [2.24, 2.45) is 5.92 Å². The first kappa shape index (κ1) is 13.6. The van der Waals surface area contributed by atoms with Gasteiger partial charge in [-0.2, -0.15) is 5.10 Å². The quantitative estimate of drug-likeness (QED) is 0.921. The van der Waals surface area contributed by atoms with Gasteiger partial charge in [0.25, 0.3) is 0 Å². The van der Waals surface area contributed by atoms with Crippen molar-refractivity contribution < 1.29 is 9.21 Å². The fourth-order valence-corrected chi connectivity index (χ4v) is 2.68. The number of anilines is 1. The number of amides is 2. The number of hydrogen-bond acceptors (Lipinski definition) is 4. The molecule has 1 fully saturated rings. The summed E-state index contributed by atoms with van der Waals surface area (Å²) in [7, 11) is 0. The van der Waals surface area contributed by atoms with E-state index >= 15 is 0 Å². The van der Waals surface area contributed by atoms with Crippen molar-refractivity contribution in [1.29, 1.82) is 0 Å². The summed E-state index contributed by atoms with van der Waals surface area (Å²) in [5.41, 5.74) is 0. The van der Waals surface area contributed by atoms with E-state index in [4.69, 9.17) is 4.42 Å². The van der Waals surface area contributed by atoms with Crippen LogP contribution in [0.3, 0.4) is 0 Å². The summed E-state index contributed by atoms with van der Waals surface area (Å²) in [4.78, 5) is 14.3. The first-order valence-corrected chi connectivity index (χ1v) is 7.13. The Kier molecular flexibility index (Phi) is 3.85. The van der Waals surface area contributed by atoms with Crippen molar-refractivity contribution in [1.82, 2.24) is 15.1 Å². The highest BCUT2D eigenvalue weighted by Crippen LogP contribution is 2.34. The smallest absolute Gasteiger partial charge is 0.323 e. The zero-order chi connectivity index (χ0) is 14.7. The number of rotatable bonds is 2. The molecule has 1 saturated heterocycles. The van der Waals surface area contributed by atoms with Gasteiger partial charge in [-0.1, -0.05) is 6.92 Å². The average Bonchev–Trinajstić information content (AvgIpc) is 3.02. The second-order valence-corrected chi connectivity index (χ2v) is 5.39. The molecule has 0 unspecified atom stereocenters. The van der Waals surface area contributed by atoms with E-state index in [-0.39, 0.29) is 12.1 Å². The van der Waals surface area contributed by atoms with Crippen molar-refractivity contribution in [2.45, 2.75) is 25.8 Å². The number of furan rings is 1. The van der Waals surface area contributed by atoms with Crippen LogP contribution in [0.5, 0.6) is 0 Å². The maximum Gasteiger partial charge on any atom is 0.323 e. The summed E-state index contributed by atoms with van der Waals surface area (Å²) in [6.07, 6.45) is 5.11. The number of aromatic nitrogens is 2. The fourth-order valence-electron chi connectivity index (χ4n) is 2.68. The lowest BCUT2D eigenvalue weighted by Gasteiger charge is -2.37. The Morgan fingerprint density at radius 1 is 1.43 bits per heavy atom. The van der Waals surface area contributed by atoms with Gasteiger partial charge in [-0.3, -0.25) is 5.32 Å². The van der Waals surface area contributed by atoms with Crippen LogP contribution in [-0.4, -0.2) is 27.7 Å². The molecule has 0 spiro atoms. The number of hydrogen-bond donors (Lipinski definition) is 1. The second-order valence-electron chi connectivity index (χ2n) is 5.39. The van der Waals surface area contributed by atoms with E-state index in [0.29, 0.717) is 18.3 Å². The largest absolute Gasteiger partial charge is 0.467 e. The third-order valence-corrected chi connectivity index (χ3v) is 3.80. The summed E-state index contributed by atoms with van der Waals surface area (Å²) in [5.74, 6) is 1.86. The maximum absolute atomic E-state index is 12.5. The minimum absolute atomic E-state index is 0.0274. The lowest BCUT2D eigenvalue weighted by atomic mass is 9.91. The number of carbonyl (C=O) groups excluding carboxylic acids is 1. The van der Waals surface area contributed by atoms with Gasteiger partial charge in [0.05, 0.1) is 12.3 Å². The molecule has 1 aliphatic rings. The fraction of sp³-hybridized carbons (Fsp3) is 0.400. The number of piperidine rings is 1. The number of likely N-dealkylation sites (tertiary alicyclic amines) is 1. The third-order valence-electron chi connectivity index (χ3n) is 3.80. The summed E-state index contributed by atoms with van der Waals surface area (Å²) in [6, 6.07) is 7.05. The maximum atomic E-state index is 12.5. The molecule has 1 aliphatic heterocycles. The SMILES string of the molecule is C[C@@H]1CCN(C(=O)Nc2cccnn2)[C@H](c2ccco2)C1. The Morgan fingerprint density at radius 3 is 3.05 bits per heavy atom. The highest BCUT2D eigenvalue weighted by molar-refractivity contribution is 5.88. The number of nitrogens with one attached hydrogen (secondary N) is 1. The molecule has 110 valence electrons. The van der Waals surface area contributed by atoms with E-state index in [1.807, 2.05) is 17.0 Å². The Balaban J connectivity index is 1.76. The molecule has 2 amide bonds. The number of urea groups is 1. The first-order valence-electron chi connectivity index (χ1n) is 7.13. The van der Waals surface area contributed by atoms with Crippen LogP contribution < -0.4 is 5.32 Å². The van der Waals surface area contributed by atoms with Crippen LogP contribution in [-0.2, 0) is 0 Å². The molecule has 0 saturated carbocycles. The van der Waals surface area contributed by atoms with Crippen molar-refractivity contribution in [3.8, 4) is 0 Å². The molecule has 6 heteroatoms. The molecule has 0 radical (unpaired) electrons. The van der Waals surface area contributed by atoms with Gasteiger partial charge in [0.15, 0.2) is 5.82 Å². The highest BCUT2D eigenvalue weighted by atomic mass is 16.3. The van der Waals surface area contributed by atoms with E-state index in [2.05, 4.69) is 22.4 Å². The third kappa shape index (κ3) is 3.04.